The normalized spacial score (nSPS) is 17.4. The van der Waals surface area contributed by atoms with Crippen molar-refractivity contribution in [3.8, 4) is 11.5 Å². The average Bonchev–Trinajstić information content (AvgIpc) is 3.01. The lowest BCUT2D eigenvalue weighted by Crippen LogP contribution is -2.49. The Bertz CT molecular complexity index is 1030. The molecule has 2 heterocycles. The molecular formula is C22H31N3O8S. The first-order valence-corrected chi connectivity index (χ1v) is 12.6. The van der Waals surface area contributed by atoms with Crippen LogP contribution in [-0.2, 0) is 24.3 Å². The highest BCUT2D eigenvalue weighted by Gasteiger charge is 2.33. The van der Waals surface area contributed by atoms with E-state index in [1.165, 1.54) is 16.4 Å². The van der Waals surface area contributed by atoms with Crippen molar-refractivity contribution in [1.29, 1.82) is 0 Å². The predicted molar refractivity (Wildman–Crippen MR) is 121 cm³/mol. The van der Waals surface area contributed by atoms with Crippen LogP contribution in [0.5, 0.6) is 11.5 Å². The standard InChI is InChI=1S/C22H31N3O8S/c1-22(2,3)24-21(28)23-19(26)14-33-20(27)15-7-9-25(10-8-15)34(29,30)16-5-6-17-18(13-16)32-12-4-11-31-17/h5-6,13,15H,4,7-12,14H2,1-3H3,(H2,23,24,26,28). The van der Waals surface area contributed by atoms with Gasteiger partial charge in [-0.2, -0.15) is 4.31 Å². The van der Waals surface area contributed by atoms with Crippen LogP contribution in [0.25, 0.3) is 0 Å². The summed E-state index contributed by atoms with van der Waals surface area (Å²) < 4.78 is 43.6. The van der Waals surface area contributed by atoms with E-state index < -0.39 is 46.0 Å². The number of amides is 3. The minimum atomic E-state index is -3.77. The highest BCUT2D eigenvalue weighted by atomic mass is 32.2. The number of imide groups is 1. The van der Waals surface area contributed by atoms with Crippen molar-refractivity contribution < 1.29 is 37.0 Å². The largest absolute Gasteiger partial charge is 0.490 e. The number of hydrogen-bond acceptors (Lipinski definition) is 8. The molecule has 188 valence electrons. The Morgan fingerprint density at radius 2 is 1.74 bits per heavy atom. The number of nitrogens with one attached hydrogen (secondary N) is 2. The lowest BCUT2D eigenvalue weighted by atomic mass is 9.98. The molecule has 11 nitrogen and oxygen atoms in total. The first kappa shape index (κ1) is 25.8. The molecular weight excluding hydrogens is 466 g/mol. The molecule has 3 rings (SSSR count). The van der Waals surface area contributed by atoms with Gasteiger partial charge in [0.1, 0.15) is 0 Å². The van der Waals surface area contributed by atoms with Crippen molar-refractivity contribution in [1.82, 2.24) is 14.9 Å². The van der Waals surface area contributed by atoms with Crippen LogP contribution in [0, 0.1) is 5.92 Å². The highest BCUT2D eigenvalue weighted by Crippen LogP contribution is 2.33. The number of hydrogen-bond donors (Lipinski definition) is 2. The van der Waals surface area contributed by atoms with E-state index in [0.29, 0.717) is 31.1 Å². The zero-order valence-electron chi connectivity index (χ0n) is 19.6. The molecule has 0 aromatic heterocycles. The Morgan fingerprint density at radius 3 is 2.38 bits per heavy atom. The molecule has 12 heteroatoms. The van der Waals surface area contributed by atoms with Crippen molar-refractivity contribution in [3.63, 3.8) is 0 Å². The fourth-order valence-electron chi connectivity index (χ4n) is 3.57. The second-order valence-corrected chi connectivity index (χ2v) is 11.1. The maximum atomic E-state index is 13.1. The van der Waals surface area contributed by atoms with Crippen LogP contribution in [0.2, 0.25) is 0 Å². The summed E-state index contributed by atoms with van der Waals surface area (Å²) >= 11 is 0. The van der Waals surface area contributed by atoms with E-state index in [1.807, 2.05) is 0 Å². The second kappa shape index (κ2) is 10.6. The molecule has 2 N–H and O–H groups in total. The van der Waals surface area contributed by atoms with Gasteiger partial charge in [0.05, 0.1) is 24.0 Å². The van der Waals surface area contributed by atoms with E-state index >= 15 is 0 Å². The van der Waals surface area contributed by atoms with Gasteiger partial charge < -0.3 is 19.5 Å². The number of carbonyl (C=O) groups excluding carboxylic acids is 3. The SMILES string of the molecule is CC(C)(C)NC(=O)NC(=O)COC(=O)C1CCN(S(=O)(=O)c2ccc3c(c2)OCCCO3)CC1. The maximum absolute atomic E-state index is 13.1. The van der Waals surface area contributed by atoms with Crippen molar-refractivity contribution in [2.75, 3.05) is 32.9 Å². The van der Waals surface area contributed by atoms with Gasteiger partial charge >= 0.3 is 12.0 Å². The molecule has 34 heavy (non-hydrogen) atoms. The predicted octanol–water partition coefficient (Wildman–Crippen LogP) is 1.42. The topological polar surface area (TPSA) is 140 Å². The Morgan fingerprint density at radius 1 is 1.09 bits per heavy atom. The number of nitrogens with zero attached hydrogens (tertiary/aromatic N) is 1. The number of carbonyl (C=O) groups is 3. The Labute approximate surface area is 199 Å². The first-order chi connectivity index (χ1) is 16.0. The minimum Gasteiger partial charge on any atom is -0.490 e. The summed E-state index contributed by atoms with van der Waals surface area (Å²) in [7, 11) is -3.77. The third kappa shape index (κ3) is 6.83. The summed E-state index contributed by atoms with van der Waals surface area (Å²) in [5, 5.41) is 4.66. The summed E-state index contributed by atoms with van der Waals surface area (Å²) in [5.41, 5.74) is -0.519. The number of fused-ring (bicyclic) bond motifs is 1. The van der Waals surface area contributed by atoms with Gasteiger partial charge in [-0.1, -0.05) is 0 Å². The van der Waals surface area contributed by atoms with Gasteiger partial charge in [-0.25, -0.2) is 13.2 Å². The molecule has 0 unspecified atom stereocenters. The van der Waals surface area contributed by atoms with E-state index in [9.17, 15) is 22.8 Å². The molecule has 0 radical (unpaired) electrons. The number of benzene rings is 1. The molecule has 1 aromatic rings. The third-order valence-electron chi connectivity index (χ3n) is 5.23. The summed E-state index contributed by atoms with van der Waals surface area (Å²) in [5.74, 6) is -0.973. The van der Waals surface area contributed by atoms with Crippen LogP contribution in [0.3, 0.4) is 0 Å². The molecule has 1 aromatic carbocycles. The van der Waals surface area contributed by atoms with Gasteiger partial charge in [-0.05, 0) is 45.7 Å². The zero-order valence-corrected chi connectivity index (χ0v) is 20.4. The number of esters is 1. The quantitative estimate of drug-likeness (QED) is 0.582. The summed E-state index contributed by atoms with van der Waals surface area (Å²) in [6.07, 6.45) is 1.23. The second-order valence-electron chi connectivity index (χ2n) is 9.20. The molecule has 1 fully saturated rings. The summed E-state index contributed by atoms with van der Waals surface area (Å²) in [4.78, 5) is 36.0. The van der Waals surface area contributed by atoms with Gasteiger partial charge in [0.25, 0.3) is 5.91 Å². The maximum Gasteiger partial charge on any atom is 0.321 e. The molecule has 0 saturated carbocycles. The minimum absolute atomic E-state index is 0.1000. The van der Waals surface area contributed by atoms with Crippen molar-refractivity contribution >= 4 is 27.9 Å². The molecule has 2 aliphatic heterocycles. The highest BCUT2D eigenvalue weighted by molar-refractivity contribution is 7.89. The van der Waals surface area contributed by atoms with Gasteiger partial charge in [0, 0.05) is 31.1 Å². The molecule has 0 aliphatic carbocycles. The van der Waals surface area contributed by atoms with Gasteiger partial charge in [0.2, 0.25) is 10.0 Å². The van der Waals surface area contributed by atoms with E-state index in [4.69, 9.17) is 14.2 Å². The lowest BCUT2D eigenvalue weighted by molar-refractivity contribution is -0.153. The van der Waals surface area contributed by atoms with Crippen molar-refractivity contribution in [2.24, 2.45) is 5.92 Å². The van der Waals surface area contributed by atoms with E-state index in [2.05, 4.69) is 10.6 Å². The Hall–Kier alpha value is -2.86. The van der Waals surface area contributed by atoms with Crippen LogP contribution >= 0.6 is 0 Å². The number of rotatable bonds is 5. The monoisotopic (exact) mass is 497 g/mol. The van der Waals surface area contributed by atoms with Crippen molar-refractivity contribution in [2.45, 2.75) is 50.5 Å². The van der Waals surface area contributed by atoms with E-state index in [0.717, 1.165) is 0 Å². The fraction of sp³-hybridized carbons (Fsp3) is 0.591. The molecule has 0 atom stereocenters. The third-order valence-corrected chi connectivity index (χ3v) is 7.13. The molecule has 2 aliphatic rings. The number of ether oxygens (including phenoxy) is 3. The van der Waals surface area contributed by atoms with Crippen molar-refractivity contribution in [3.05, 3.63) is 18.2 Å². The molecule has 0 spiro atoms. The average molecular weight is 498 g/mol. The first-order valence-electron chi connectivity index (χ1n) is 11.1. The van der Waals surface area contributed by atoms with Crippen LogP contribution in [-0.4, -0.2) is 69.1 Å². The Balaban J connectivity index is 1.49. The molecule has 1 saturated heterocycles. The fourth-order valence-corrected chi connectivity index (χ4v) is 5.06. The summed E-state index contributed by atoms with van der Waals surface area (Å²) in [6.45, 7) is 5.92. The number of urea groups is 1. The van der Waals surface area contributed by atoms with Crippen LogP contribution < -0.4 is 20.1 Å². The molecule has 0 bridgehead atoms. The van der Waals surface area contributed by atoms with Crippen LogP contribution in [0.15, 0.2) is 23.1 Å². The number of piperidine rings is 1. The number of sulfonamides is 1. The molecule has 3 amide bonds. The van der Waals surface area contributed by atoms with Crippen LogP contribution in [0.4, 0.5) is 4.79 Å². The zero-order chi connectivity index (χ0) is 24.9. The van der Waals surface area contributed by atoms with Gasteiger partial charge in [-0.3, -0.25) is 14.9 Å². The Kier molecular flexibility index (Phi) is 8.03. The van der Waals surface area contributed by atoms with E-state index in [-0.39, 0.29) is 30.8 Å². The van der Waals surface area contributed by atoms with E-state index in [1.54, 1.807) is 26.8 Å². The lowest BCUT2D eigenvalue weighted by Gasteiger charge is -2.30. The van der Waals surface area contributed by atoms with Gasteiger partial charge in [-0.15, -0.1) is 0 Å². The van der Waals surface area contributed by atoms with Gasteiger partial charge in [0.15, 0.2) is 18.1 Å². The van der Waals surface area contributed by atoms with Crippen LogP contribution in [0.1, 0.15) is 40.0 Å². The summed E-state index contributed by atoms with van der Waals surface area (Å²) in [6, 6.07) is 3.86. The smallest absolute Gasteiger partial charge is 0.321 e.